The highest BCUT2D eigenvalue weighted by Gasteiger charge is 2.33. The van der Waals surface area contributed by atoms with Gasteiger partial charge < -0.3 is 5.32 Å². The number of hydrogen-bond donors (Lipinski definition) is 2. The Balaban J connectivity index is 1.99. The van der Waals surface area contributed by atoms with E-state index < -0.39 is 27.8 Å². The van der Waals surface area contributed by atoms with Crippen LogP contribution in [0.3, 0.4) is 0 Å². The first kappa shape index (κ1) is 21.9. The molecule has 0 saturated heterocycles. The van der Waals surface area contributed by atoms with Crippen LogP contribution in [0.1, 0.15) is 30.7 Å². The lowest BCUT2D eigenvalue weighted by molar-refractivity contribution is -0.141. The third-order valence-corrected chi connectivity index (χ3v) is 5.11. The van der Waals surface area contributed by atoms with Crippen molar-refractivity contribution in [3.63, 3.8) is 0 Å². The summed E-state index contributed by atoms with van der Waals surface area (Å²) in [6, 6.07) is 7.26. The number of benzene rings is 1. The summed E-state index contributed by atoms with van der Waals surface area (Å²) in [5, 5.41) is 5.88. The number of alkyl halides is 3. The molecule has 0 unspecified atom stereocenters. The molecule has 11 heteroatoms. The molecule has 0 aliphatic rings. The van der Waals surface area contributed by atoms with Gasteiger partial charge in [-0.2, -0.15) is 18.3 Å². The predicted octanol–water partition coefficient (Wildman–Crippen LogP) is 2.05. The monoisotopic (exact) mass is 418 g/mol. The van der Waals surface area contributed by atoms with Gasteiger partial charge in [0.2, 0.25) is 15.9 Å². The Morgan fingerprint density at radius 1 is 1.18 bits per heavy atom. The summed E-state index contributed by atoms with van der Waals surface area (Å²) in [5.74, 6) is -0.791. The van der Waals surface area contributed by atoms with Gasteiger partial charge >= 0.3 is 6.18 Å². The van der Waals surface area contributed by atoms with Crippen LogP contribution < -0.4 is 10.0 Å². The van der Waals surface area contributed by atoms with E-state index >= 15 is 0 Å². The van der Waals surface area contributed by atoms with Crippen molar-refractivity contribution in [3.8, 4) is 0 Å². The molecule has 0 radical (unpaired) electrons. The van der Waals surface area contributed by atoms with Gasteiger partial charge in [-0.1, -0.05) is 24.3 Å². The van der Waals surface area contributed by atoms with E-state index in [1.807, 2.05) is 0 Å². The van der Waals surface area contributed by atoms with Crippen molar-refractivity contribution in [2.75, 3.05) is 0 Å². The molecule has 1 heterocycles. The topological polar surface area (TPSA) is 93.1 Å². The highest BCUT2D eigenvalue weighted by atomic mass is 32.2. The molecule has 1 amide bonds. The summed E-state index contributed by atoms with van der Waals surface area (Å²) < 4.78 is 65.2. The average molecular weight is 418 g/mol. The Kier molecular flexibility index (Phi) is 6.83. The van der Waals surface area contributed by atoms with Gasteiger partial charge in [-0.15, -0.1) is 0 Å². The van der Waals surface area contributed by atoms with E-state index in [-0.39, 0.29) is 24.9 Å². The number of halogens is 3. The van der Waals surface area contributed by atoms with Crippen molar-refractivity contribution >= 4 is 15.9 Å². The molecule has 0 spiro atoms. The summed E-state index contributed by atoms with van der Waals surface area (Å²) in [5.41, 5.74) is 0.0457. The molecule has 0 bridgehead atoms. The van der Waals surface area contributed by atoms with E-state index in [4.69, 9.17) is 0 Å². The first-order chi connectivity index (χ1) is 13.0. The van der Waals surface area contributed by atoms with Gasteiger partial charge in [-0.3, -0.25) is 9.48 Å². The van der Waals surface area contributed by atoms with E-state index in [1.165, 1.54) is 0 Å². The minimum absolute atomic E-state index is 0.0413. The van der Waals surface area contributed by atoms with E-state index in [2.05, 4.69) is 15.1 Å². The summed E-state index contributed by atoms with van der Waals surface area (Å²) in [4.78, 5) is 12.0. The Hall–Kier alpha value is -2.40. The lowest BCUT2D eigenvalue weighted by atomic mass is 10.1. The van der Waals surface area contributed by atoms with Gasteiger partial charge in [0.1, 0.15) is 6.54 Å². The smallest absolute Gasteiger partial charge is 0.350 e. The van der Waals surface area contributed by atoms with Crippen molar-refractivity contribution in [1.82, 2.24) is 19.8 Å². The summed E-state index contributed by atoms with van der Waals surface area (Å²) in [6.07, 6.45) is -3.50. The molecular weight excluding hydrogens is 397 g/mol. The Morgan fingerprint density at radius 2 is 1.82 bits per heavy atom. The van der Waals surface area contributed by atoms with E-state index in [9.17, 15) is 26.4 Å². The van der Waals surface area contributed by atoms with Crippen LogP contribution in [0.4, 0.5) is 13.2 Å². The molecule has 0 atom stereocenters. The summed E-state index contributed by atoms with van der Waals surface area (Å²) >= 11 is 0. The third kappa shape index (κ3) is 6.64. The summed E-state index contributed by atoms with van der Waals surface area (Å²) in [6.45, 7) is 3.08. The van der Waals surface area contributed by atoms with Crippen molar-refractivity contribution in [1.29, 1.82) is 0 Å². The Morgan fingerprint density at radius 3 is 2.39 bits per heavy atom. The van der Waals surface area contributed by atoms with Gasteiger partial charge in [-0.25, -0.2) is 13.1 Å². The minimum Gasteiger partial charge on any atom is -0.350 e. The highest BCUT2D eigenvalue weighted by Crippen LogP contribution is 2.27. The molecule has 0 aliphatic carbocycles. The van der Waals surface area contributed by atoms with Crippen LogP contribution in [-0.2, 0) is 39.8 Å². The number of sulfonamides is 1. The van der Waals surface area contributed by atoms with Crippen LogP contribution in [0.15, 0.2) is 36.5 Å². The maximum Gasteiger partial charge on any atom is 0.435 e. The molecular formula is C17H21F3N4O3S. The minimum atomic E-state index is -4.57. The molecule has 2 rings (SSSR count). The normalized spacial score (nSPS) is 12.4. The number of amides is 1. The fraction of sp³-hybridized carbons (Fsp3) is 0.412. The second kappa shape index (κ2) is 8.74. The number of nitrogens with one attached hydrogen (secondary N) is 2. The zero-order valence-corrected chi connectivity index (χ0v) is 16.1. The predicted molar refractivity (Wildman–Crippen MR) is 96.4 cm³/mol. The van der Waals surface area contributed by atoms with Crippen molar-refractivity contribution in [2.45, 2.75) is 44.9 Å². The maximum absolute atomic E-state index is 12.5. The van der Waals surface area contributed by atoms with Crippen molar-refractivity contribution < 1.29 is 26.4 Å². The van der Waals surface area contributed by atoms with Crippen LogP contribution in [-0.4, -0.2) is 30.1 Å². The van der Waals surface area contributed by atoms with Gasteiger partial charge in [0.05, 0.1) is 5.75 Å². The molecule has 2 N–H and O–H groups in total. The molecule has 1 aromatic carbocycles. The van der Waals surface area contributed by atoms with Crippen LogP contribution in [0.25, 0.3) is 0 Å². The number of aromatic nitrogens is 2. The molecule has 28 heavy (non-hydrogen) atoms. The van der Waals surface area contributed by atoms with Crippen LogP contribution in [0, 0.1) is 0 Å². The van der Waals surface area contributed by atoms with Gasteiger partial charge in [0, 0.05) is 18.8 Å². The quantitative estimate of drug-likeness (QED) is 0.686. The first-order valence-electron chi connectivity index (χ1n) is 8.40. The lowest BCUT2D eigenvalue weighted by Crippen LogP contribution is -2.32. The van der Waals surface area contributed by atoms with Crippen molar-refractivity contribution in [3.05, 3.63) is 53.3 Å². The van der Waals surface area contributed by atoms with Gasteiger partial charge in [0.15, 0.2) is 5.69 Å². The third-order valence-electron chi connectivity index (χ3n) is 3.59. The van der Waals surface area contributed by atoms with Crippen LogP contribution >= 0.6 is 0 Å². The number of nitrogens with zero attached hydrogens (tertiary/aromatic N) is 2. The summed E-state index contributed by atoms with van der Waals surface area (Å²) in [7, 11) is -3.54. The molecule has 0 saturated carbocycles. The lowest BCUT2D eigenvalue weighted by Gasteiger charge is -2.13. The molecule has 154 valence electrons. The fourth-order valence-corrected chi connectivity index (χ4v) is 3.97. The maximum atomic E-state index is 12.5. The number of carbonyl (C=O) groups is 1. The second-order valence-corrected chi connectivity index (χ2v) is 8.23. The zero-order valence-electron chi connectivity index (χ0n) is 15.3. The van der Waals surface area contributed by atoms with Crippen LogP contribution in [0.2, 0.25) is 0 Å². The molecule has 1 aromatic heterocycles. The van der Waals surface area contributed by atoms with Crippen molar-refractivity contribution in [2.24, 2.45) is 0 Å². The van der Waals surface area contributed by atoms with Gasteiger partial charge in [-0.05, 0) is 31.0 Å². The second-order valence-electron chi connectivity index (χ2n) is 6.47. The highest BCUT2D eigenvalue weighted by molar-refractivity contribution is 7.88. The standard InChI is InChI=1S/C17H21F3N4O3S/c1-12(2)23-28(26,27)11-14-6-4-3-5-13(14)9-21-16(25)10-24-8-7-15(22-24)17(18,19)20/h3-8,12,23H,9-11H2,1-2H3,(H,21,25). The van der Waals surface area contributed by atoms with E-state index in [0.29, 0.717) is 11.1 Å². The molecule has 2 aromatic rings. The van der Waals surface area contributed by atoms with E-state index in [0.717, 1.165) is 16.9 Å². The molecule has 0 aliphatic heterocycles. The number of rotatable bonds is 8. The molecule has 7 nitrogen and oxygen atoms in total. The van der Waals surface area contributed by atoms with Crippen LogP contribution in [0.5, 0.6) is 0 Å². The first-order valence-corrected chi connectivity index (χ1v) is 10.1. The Bertz CT molecular complexity index is 924. The van der Waals surface area contributed by atoms with E-state index in [1.54, 1.807) is 38.1 Å². The number of hydrogen-bond acceptors (Lipinski definition) is 4. The SMILES string of the molecule is CC(C)NS(=O)(=O)Cc1ccccc1CNC(=O)Cn1ccc(C(F)(F)F)n1. The Labute approximate surface area is 161 Å². The zero-order chi connectivity index (χ0) is 20.9. The largest absolute Gasteiger partial charge is 0.435 e. The fourth-order valence-electron chi connectivity index (χ4n) is 2.47. The average Bonchev–Trinajstić information content (AvgIpc) is 3.01. The van der Waals surface area contributed by atoms with Gasteiger partial charge in [0.25, 0.3) is 0 Å². The number of carbonyl (C=O) groups excluding carboxylic acids is 1. The molecule has 0 fully saturated rings.